The summed E-state index contributed by atoms with van der Waals surface area (Å²) in [5, 5.41) is 4.99. The van der Waals surface area contributed by atoms with Gasteiger partial charge in [0, 0.05) is 28.0 Å². The molecule has 2 N–H and O–H groups in total. The molecule has 2 heterocycles. The molecule has 1 fully saturated rings. The average Bonchev–Trinajstić information content (AvgIpc) is 2.73. The second-order valence-electron chi connectivity index (χ2n) is 7.63. The van der Waals surface area contributed by atoms with Gasteiger partial charge in [-0.15, -0.1) is 0 Å². The van der Waals surface area contributed by atoms with E-state index in [0.717, 1.165) is 53.7 Å². The molecule has 0 aliphatic carbocycles. The van der Waals surface area contributed by atoms with Gasteiger partial charge in [-0.2, -0.15) is 8.42 Å². The molecule has 4 rings (SSSR count). The zero-order valence-corrected chi connectivity index (χ0v) is 18.8. The molecule has 6 nitrogen and oxygen atoms in total. The molecule has 0 amide bonds. The van der Waals surface area contributed by atoms with E-state index in [0.29, 0.717) is 23.6 Å². The lowest BCUT2D eigenvalue weighted by Crippen LogP contribution is -2.28. The molecule has 31 heavy (non-hydrogen) atoms. The number of piperidine rings is 1. The van der Waals surface area contributed by atoms with Crippen LogP contribution in [0.4, 0.5) is 0 Å². The minimum Gasteiger partial charge on any atom is -0.317 e. The quantitative estimate of drug-likeness (QED) is 0.435. The predicted octanol–water partition coefficient (Wildman–Crippen LogP) is 4.63. The standard InChI is InChI=1S/C22H21ClN2O.CH4O3S/c23-17-7-5-16(6-8-17)21-14-19(18-3-1-2-4-20(18)25-21)22(26)13-15-9-11-24-12-10-15;1-5(2,3)4/h1-8,14-15,24H,9-13H2;1H3,(H,2,3,4). The molecular formula is C23H25ClN2O4S. The number of carbonyl (C=O) groups excluding carboxylic acids is 1. The van der Waals surface area contributed by atoms with Crippen molar-refractivity contribution in [2.24, 2.45) is 5.92 Å². The van der Waals surface area contributed by atoms with Crippen LogP contribution in [0.15, 0.2) is 54.6 Å². The first kappa shape index (κ1) is 23.3. The van der Waals surface area contributed by atoms with Gasteiger partial charge in [-0.05, 0) is 56.1 Å². The van der Waals surface area contributed by atoms with Crippen molar-refractivity contribution in [2.75, 3.05) is 19.3 Å². The number of carbonyl (C=O) groups is 1. The third-order valence-electron chi connectivity index (χ3n) is 5.09. The number of hydrogen-bond acceptors (Lipinski definition) is 5. The molecule has 3 aromatic rings. The van der Waals surface area contributed by atoms with Crippen molar-refractivity contribution in [3.63, 3.8) is 0 Å². The number of rotatable bonds is 4. The van der Waals surface area contributed by atoms with E-state index in [1.807, 2.05) is 54.6 Å². The molecule has 0 radical (unpaired) electrons. The second-order valence-corrected chi connectivity index (χ2v) is 9.54. The van der Waals surface area contributed by atoms with Gasteiger partial charge in [0.15, 0.2) is 5.78 Å². The van der Waals surface area contributed by atoms with Gasteiger partial charge in [-0.1, -0.05) is 41.9 Å². The SMILES string of the molecule is CS(=O)(=O)O.O=C(CC1CCNCC1)c1cc(-c2ccc(Cl)cc2)nc2ccccc12. The van der Waals surface area contributed by atoms with Crippen LogP contribution in [0, 0.1) is 5.92 Å². The molecular weight excluding hydrogens is 436 g/mol. The molecule has 0 unspecified atom stereocenters. The molecule has 0 saturated carbocycles. The third kappa shape index (κ3) is 7.11. The van der Waals surface area contributed by atoms with E-state index in [4.69, 9.17) is 21.1 Å². The summed E-state index contributed by atoms with van der Waals surface area (Å²) in [6.45, 7) is 2.01. The third-order valence-corrected chi connectivity index (χ3v) is 5.34. The van der Waals surface area contributed by atoms with Crippen LogP contribution in [0.5, 0.6) is 0 Å². The largest absolute Gasteiger partial charge is 0.317 e. The van der Waals surface area contributed by atoms with Crippen LogP contribution in [0.1, 0.15) is 29.6 Å². The number of pyridine rings is 1. The van der Waals surface area contributed by atoms with Gasteiger partial charge >= 0.3 is 0 Å². The Morgan fingerprint density at radius 2 is 1.74 bits per heavy atom. The number of ketones is 1. The van der Waals surface area contributed by atoms with E-state index in [-0.39, 0.29) is 5.78 Å². The highest BCUT2D eigenvalue weighted by Crippen LogP contribution is 2.28. The van der Waals surface area contributed by atoms with Crippen LogP contribution in [-0.2, 0) is 10.1 Å². The number of fused-ring (bicyclic) bond motifs is 1. The molecule has 1 aromatic heterocycles. The summed E-state index contributed by atoms with van der Waals surface area (Å²) in [6, 6.07) is 17.4. The number of Topliss-reactive ketones (excluding diaryl/α,β-unsaturated/α-hetero) is 1. The number of para-hydroxylation sites is 1. The maximum atomic E-state index is 13.1. The van der Waals surface area contributed by atoms with E-state index in [9.17, 15) is 13.2 Å². The summed E-state index contributed by atoms with van der Waals surface area (Å²) >= 11 is 6.00. The van der Waals surface area contributed by atoms with Crippen LogP contribution in [0.2, 0.25) is 5.02 Å². The van der Waals surface area contributed by atoms with Crippen molar-refractivity contribution in [3.05, 3.63) is 65.2 Å². The highest BCUT2D eigenvalue weighted by Gasteiger charge is 2.20. The number of nitrogens with one attached hydrogen (secondary N) is 1. The fourth-order valence-corrected chi connectivity index (χ4v) is 3.76. The van der Waals surface area contributed by atoms with Crippen LogP contribution in [-0.4, -0.2) is 43.1 Å². The van der Waals surface area contributed by atoms with Crippen molar-refractivity contribution in [1.29, 1.82) is 0 Å². The summed E-state index contributed by atoms with van der Waals surface area (Å²) < 4.78 is 25.9. The maximum Gasteiger partial charge on any atom is 0.261 e. The lowest BCUT2D eigenvalue weighted by Gasteiger charge is -2.22. The summed E-state index contributed by atoms with van der Waals surface area (Å²) in [4.78, 5) is 17.9. The van der Waals surface area contributed by atoms with Gasteiger partial charge in [-0.25, -0.2) is 4.98 Å². The Bertz CT molecular complexity index is 1150. The molecule has 1 aliphatic heterocycles. The number of nitrogens with zero attached hydrogens (tertiary/aromatic N) is 1. The van der Waals surface area contributed by atoms with Crippen molar-refractivity contribution >= 4 is 38.4 Å². The zero-order chi connectivity index (χ0) is 22.4. The number of hydrogen-bond donors (Lipinski definition) is 2. The zero-order valence-electron chi connectivity index (χ0n) is 17.2. The van der Waals surface area contributed by atoms with Gasteiger partial charge in [-0.3, -0.25) is 9.35 Å². The van der Waals surface area contributed by atoms with Gasteiger partial charge in [0.1, 0.15) is 0 Å². The molecule has 0 bridgehead atoms. The predicted molar refractivity (Wildman–Crippen MR) is 124 cm³/mol. The fourth-order valence-electron chi connectivity index (χ4n) is 3.63. The maximum absolute atomic E-state index is 13.1. The Balaban J connectivity index is 0.000000491. The Labute approximate surface area is 187 Å². The highest BCUT2D eigenvalue weighted by atomic mass is 35.5. The fraction of sp³-hybridized carbons (Fsp3) is 0.304. The van der Waals surface area contributed by atoms with Crippen LogP contribution >= 0.6 is 11.6 Å². The first-order valence-electron chi connectivity index (χ1n) is 10.0. The van der Waals surface area contributed by atoms with E-state index < -0.39 is 10.1 Å². The smallest absolute Gasteiger partial charge is 0.261 e. The lowest BCUT2D eigenvalue weighted by molar-refractivity contribution is 0.0954. The van der Waals surface area contributed by atoms with Gasteiger partial charge in [0.25, 0.3) is 10.1 Å². The van der Waals surface area contributed by atoms with E-state index >= 15 is 0 Å². The Morgan fingerprint density at radius 1 is 1.13 bits per heavy atom. The minimum absolute atomic E-state index is 0.214. The molecule has 164 valence electrons. The van der Waals surface area contributed by atoms with Gasteiger partial charge < -0.3 is 5.32 Å². The minimum atomic E-state index is -3.67. The molecule has 1 aliphatic rings. The first-order valence-corrected chi connectivity index (χ1v) is 12.3. The van der Waals surface area contributed by atoms with Crippen molar-refractivity contribution in [3.8, 4) is 11.3 Å². The molecule has 2 aromatic carbocycles. The number of halogens is 1. The molecule has 0 spiro atoms. The van der Waals surface area contributed by atoms with E-state index in [1.54, 1.807) is 0 Å². The van der Waals surface area contributed by atoms with Gasteiger partial charge in [0.05, 0.1) is 17.5 Å². The van der Waals surface area contributed by atoms with Crippen LogP contribution in [0.25, 0.3) is 22.2 Å². The van der Waals surface area contributed by atoms with Crippen molar-refractivity contribution in [1.82, 2.24) is 10.3 Å². The average molecular weight is 461 g/mol. The summed E-state index contributed by atoms with van der Waals surface area (Å²) in [5.74, 6) is 0.681. The molecule has 0 atom stereocenters. The van der Waals surface area contributed by atoms with E-state index in [2.05, 4.69) is 5.32 Å². The Kier molecular flexibility index (Phi) is 7.78. The number of benzene rings is 2. The summed E-state index contributed by atoms with van der Waals surface area (Å²) in [5.41, 5.74) is 3.41. The van der Waals surface area contributed by atoms with Crippen LogP contribution < -0.4 is 5.32 Å². The highest BCUT2D eigenvalue weighted by molar-refractivity contribution is 7.85. The Morgan fingerprint density at radius 3 is 2.39 bits per heavy atom. The normalized spacial score (nSPS) is 14.7. The first-order chi connectivity index (χ1) is 14.7. The lowest BCUT2D eigenvalue weighted by atomic mass is 9.89. The number of aromatic nitrogens is 1. The van der Waals surface area contributed by atoms with Gasteiger partial charge in [0.2, 0.25) is 0 Å². The summed E-state index contributed by atoms with van der Waals surface area (Å²) in [7, 11) is -3.67. The Hall–Kier alpha value is -2.32. The topological polar surface area (TPSA) is 96.4 Å². The van der Waals surface area contributed by atoms with Crippen molar-refractivity contribution < 1.29 is 17.8 Å². The van der Waals surface area contributed by atoms with Crippen molar-refractivity contribution in [2.45, 2.75) is 19.3 Å². The molecule has 1 saturated heterocycles. The second kappa shape index (κ2) is 10.3. The molecule has 8 heteroatoms. The summed E-state index contributed by atoms with van der Waals surface area (Å²) in [6.07, 6.45) is 3.46. The van der Waals surface area contributed by atoms with E-state index in [1.165, 1.54) is 0 Å². The van der Waals surface area contributed by atoms with Crippen LogP contribution in [0.3, 0.4) is 0 Å². The monoisotopic (exact) mass is 460 g/mol.